The monoisotopic (exact) mass is 1180 g/mol. The fourth-order valence-electron chi connectivity index (χ4n) is 12.9. The number of benzene rings is 10. The number of thiophene rings is 2. The lowest BCUT2D eigenvalue weighted by Crippen LogP contribution is -2.45. The molecule has 86 heavy (non-hydrogen) atoms. The minimum absolute atomic E-state index is 0.240. The Bertz CT molecular complexity index is 3990. The maximum Gasteiger partial charge on any atom is 0.0716 e. The summed E-state index contributed by atoms with van der Waals surface area (Å²) in [6, 6.07) is 68.2. The number of ether oxygens (including phenoxy) is 6. The summed E-state index contributed by atoms with van der Waals surface area (Å²) < 4.78 is 40.7. The molecule has 12 aromatic rings. The van der Waals surface area contributed by atoms with E-state index in [0.717, 1.165) is 163 Å². The van der Waals surface area contributed by atoms with E-state index in [0.29, 0.717) is 13.2 Å². The highest BCUT2D eigenvalue weighted by molar-refractivity contribution is 7.26. The summed E-state index contributed by atoms with van der Waals surface area (Å²) in [6.45, 7) is 13.6. The van der Waals surface area contributed by atoms with Gasteiger partial charge in [0.2, 0.25) is 0 Å². The minimum atomic E-state index is 0.240. The van der Waals surface area contributed by atoms with Crippen LogP contribution in [0.3, 0.4) is 0 Å². The van der Waals surface area contributed by atoms with Crippen molar-refractivity contribution in [1.29, 1.82) is 0 Å². The average Bonchev–Trinajstić information content (AvgIpc) is 0.896. The molecule has 4 heterocycles. The summed E-state index contributed by atoms with van der Waals surface area (Å²) in [6.07, 6.45) is 8.55. The zero-order valence-corrected chi connectivity index (χ0v) is 51.3. The third-order valence-electron chi connectivity index (χ3n) is 18.4. The molecule has 0 amide bonds. The summed E-state index contributed by atoms with van der Waals surface area (Å²) in [7, 11) is 0. The molecule has 2 saturated heterocycles. The molecule has 2 fully saturated rings. The minimum Gasteiger partial charge on any atom is -0.381 e. The van der Waals surface area contributed by atoms with Gasteiger partial charge < -0.3 is 38.2 Å². The quantitative estimate of drug-likeness (QED) is 0.0355. The van der Waals surface area contributed by atoms with Crippen LogP contribution in [0.4, 0.5) is 34.1 Å². The normalized spacial score (nSPS) is 14.8. The van der Waals surface area contributed by atoms with Crippen LogP contribution >= 0.6 is 22.7 Å². The zero-order valence-electron chi connectivity index (χ0n) is 49.6. The van der Waals surface area contributed by atoms with Crippen molar-refractivity contribution in [2.75, 3.05) is 75.9 Å². The maximum absolute atomic E-state index is 6.28. The van der Waals surface area contributed by atoms with E-state index in [-0.39, 0.29) is 10.8 Å². The molecule has 8 nitrogen and oxygen atoms in total. The van der Waals surface area contributed by atoms with Crippen molar-refractivity contribution < 1.29 is 28.4 Å². The van der Waals surface area contributed by atoms with Gasteiger partial charge in [0, 0.05) is 111 Å². The number of hydrogen-bond acceptors (Lipinski definition) is 10. The number of nitrogens with zero attached hydrogens (tertiary/aromatic N) is 2. The Balaban J connectivity index is 0.759. The molecule has 0 radical (unpaired) electrons. The highest BCUT2D eigenvalue weighted by atomic mass is 32.1. The Labute approximate surface area is 513 Å². The van der Waals surface area contributed by atoms with E-state index in [1.807, 2.05) is 22.7 Å². The Hall–Kier alpha value is -6.96. The van der Waals surface area contributed by atoms with E-state index in [9.17, 15) is 0 Å². The smallest absolute Gasteiger partial charge is 0.0716 e. The lowest BCUT2D eigenvalue weighted by molar-refractivity contribution is -0.150. The van der Waals surface area contributed by atoms with E-state index in [1.165, 1.54) is 72.7 Å². The Kier molecular flexibility index (Phi) is 16.8. The molecule has 438 valence electrons. The summed E-state index contributed by atoms with van der Waals surface area (Å²) in [5.74, 6) is 0. The summed E-state index contributed by atoms with van der Waals surface area (Å²) in [4.78, 5) is 4.93. The third kappa shape index (κ3) is 11.5. The molecule has 10 aromatic carbocycles. The van der Waals surface area contributed by atoms with Crippen LogP contribution in [-0.2, 0) is 41.6 Å². The van der Waals surface area contributed by atoms with E-state index < -0.39 is 0 Å². The molecule has 0 unspecified atom stereocenters. The number of anilines is 6. The van der Waals surface area contributed by atoms with Gasteiger partial charge >= 0.3 is 0 Å². The van der Waals surface area contributed by atoms with Crippen LogP contribution in [0.15, 0.2) is 182 Å². The van der Waals surface area contributed by atoms with Crippen molar-refractivity contribution in [2.24, 2.45) is 10.8 Å². The van der Waals surface area contributed by atoms with Gasteiger partial charge in [-0.15, -0.1) is 22.7 Å². The lowest BCUT2D eigenvalue weighted by Gasteiger charge is -2.40. The Morgan fingerprint density at radius 1 is 0.372 bits per heavy atom. The van der Waals surface area contributed by atoms with Crippen molar-refractivity contribution >= 4 is 129 Å². The van der Waals surface area contributed by atoms with Crippen molar-refractivity contribution in [3.05, 3.63) is 193 Å². The summed E-state index contributed by atoms with van der Waals surface area (Å²) >= 11 is 3.72. The Morgan fingerprint density at radius 3 is 1.15 bits per heavy atom. The molecule has 10 heteroatoms. The van der Waals surface area contributed by atoms with Crippen LogP contribution in [-0.4, -0.2) is 66.1 Å². The van der Waals surface area contributed by atoms with Gasteiger partial charge in [-0.2, -0.15) is 0 Å². The van der Waals surface area contributed by atoms with E-state index in [4.69, 9.17) is 28.4 Å². The number of unbranched alkanes of at least 4 members (excludes halogenated alkanes) is 4. The van der Waals surface area contributed by atoms with Gasteiger partial charge in [-0.1, -0.05) is 123 Å². The predicted molar refractivity (Wildman–Crippen MR) is 361 cm³/mol. The molecule has 0 bridgehead atoms. The van der Waals surface area contributed by atoms with E-state index >= 15 is 0 Å². The van der Waals surface area contributed by atoms with E-state index in [2.05, 4.69) is 206 Å². The third-order valence-corrected chi connectivity index (χ3v) is 20.6. The first kappa shape index (κ1) is 56.8. The maximum atomic E-state index is 6.28. The van der Waals surface area contributed by atoms with Crippen LogP contribution in [0.2, 0.25) is 0 Å². The van der Waals surface area contributed by atoms with Gasteiger partial charge in [0.15, 0.2) is 0 Å². The van der Waals surface area contributed by atoms with Gasteiger partial charge in [-0.05, 0) is 157 Å². The molecular formula is C76H76N2O6S2. The summed E-state index contributed by atoms with van der Waals surface area (Å²) in [5, 5.41) is 12.5. The predicted octanol–water partition coefficient (Wildman–Crippen LogP) is 20.5. The van der Waals surface area contributed by atoms with Crippen LogP contribution < -0.4 is 9.80 Å². The Morgan fingerprint density at radius 2 is 0.744 bits per heavy atom. The molecule has 2 aliphatic heterocycles. The molecule has 0 aliphatic carbocycles. The van der Waals surface area contributed by atoms with Gasteiger partial charge in [0.05, 0.1) is 64.2 Å². The molecule has 0 atom stereocenters. The highest BCUT2D eigenvalue weighted by Crippen LogP contribution is 2.49. The molecule has 2 aromatic heterocycles. The molecular weight excluding hydrogens is 1100 g/mol. The molecule has 0 spiro atoms. The second kappa shape index (κ2) is 25.4. The van der Waals surface area contributed by atoms with Crippen molar-refractivity contribution in [3.63, 3.8) is 0 Å². The zero-order chi connectivity index (χ0) is 57.9. The fourth-order valence-corrected chi connectivity index (χ4v) is 15.2. The molecule has 0 saturated carbocycles. The first-order chi connectivity index (χ1) is 42.5. The van der Waals surface area contributed by atoms with Gasteiger partial charge in [0.1, 0.15) is 0 Å². The first-order valence-electron chi connectivity index (χ1n) is 31.2. The van der Waals surface area contributed by atoms with Crippen LogP contribution in [0, 0.1) is 10.8 Å². The topological polar surface area (TPSA) is 61.9 Å². The van der Waals surface area contributed by atoms with Gasteiger partial charge in [-0.25, -0.2) is 0 Å². The summed E-state index contributed by atoms with van der Waals surface area (Å²) in [5.41, 5.74) is 9.51. The van der Waals surface area contributed by atoms with Crippen molar-refractivity contribution in [3.8, 4) is 0 Å². The number of rotatable bonds is 28. The van der Waals surface area contributed by atoms with Crippen LogP contribution in [0.25, 0.3) is 72.7 Å². The molecule has 2 aliphatic rings. The first-order valence-corrected chi connectivity index (χ1v) is 32.9. The second-order valence-corrected chi connectivity index (χ2v) is 26.3. The van der Waals surface area contributed by atoms with Crippen molar-refractivity contribution in [1.82, 2.24) is 0 Å². The number of fused-ring (bicyclic) bond motifs is 6. The average molecular weight is 1180 g/mol. The molecule has 0 N–H and O–H groups in total. The van der Waals surface area contributed by atoms with Gasteiger partial charge in [0.25, 0.3) is 0 Å². The van der Waals surface area contributed by atoms with Gasteiger partial charge in [-0.3, -0.25) is 0 Å². The SMILES string of the molecule is CCC1(COCCCCCOCc2ccc(N(c3ccc4c(c3)sc3ccccc34)c3ccc4ccc5c(N(c6ccc(COCCCCCOCC7(CC)COC7)cc6)c6ccc7c(c6)sc6ccccc67)ccc6ccc3c4c65)cc2)COC1. The number of hydrogen-bond donors (Lipinski definition) is 0. The van der Waals surface area contributed by atoms with Crippen LogP contribution in [0.5, 0.6) is 0 Å². The lowest BCUT2D eigenvalue weighted by atomic mass is 9.84. The molecule has 14 rings (SSSR count). The van der Waals surface area contributed by atoms with Crippen LogP contribution in [0.1, 0.15) is 76.3 Å². The largest absolute Gasteiger partial charge is 0.381 e. The fraction of sp³-hybridized carbons (Fsp3) is 0.316. The van der Waals surface area contributed by atoms with Crippen molar-refractivity contribution in [2.45, 2.75) is 78.4 Å². The standard InChI is InChI=1S/C76H76N2O6S2/c1-3-75(49-83-50-75)47-81-41-13-5-11-39-79-45-53-19-27-57(28-20-53)77(59-31-35-63-61-15-7-9-17-69(61)85-71(63)43-59)67-37-25-55-24-34-66-68(38-26-56-23-33-65(67)73(55)74(56)66)78(60-32-36-64-62-16-8-10-18-70(62)86-72(64)44-60)58-29-21-54(22-30-58)46-80-40-12-6-14-42-82-48-76(4-2)51-84-52-76/h7-10,15-38,43-44H,3-6,11-14,39-42,45-52H2,1-2H3. The highest BCUT2D eigenvalue weighted by Gasteiger charge is 2.38. The van der Waals surface area contributed by atoms with E-state index in [1.54, 1.807) is 0 Å². The second-order valence-electron chi connectivity index (χ2n) is 24.2.